The largest absolute Gasteiger partial charge is 0.385 e. The first-order valence-corrected chi connectivity index (χ1v) is 9.43. The fraction of sp³-hybridized carbons (Fsp3) is 0.682. The van der Waals surface area contributed by atoms with Crippen LogP contribution in [0.1, 0.15) is 70.1 Å². The van der Waals surface area contributed by atoms with Crippen LogP contribution in [0.3, 0.4) is 0 Å². The number of piperidine rings is 1. The molecule has 1 aliphatic heterocycles. The number of carbonyl (C=O) groups is 1. The van der Waals surface area contributed by atoms with Crippen LogP contribution in [0.5, 0.6) is 0 Å². The molecular formula is C22H39NO2. The van der Waals surface area contributed by atoms with Crippen molar-refractivity contribution in [3.8, 4) is 0 Å². The molecule has 1 aromatic rings. The van der Waals surface area contributed by atoms with Gasteiger partial charge in [-0.2, -0.15) is 0 Å². The van der Waals surface area contributed by atoms with Crippen LogP contribution in [0.2, 0.25) is 0 Å². The predicted octanol–water partition coefficient (Wildman–Crippen LogP) is 4.82. The van der Waals surface area contributed by atoms with E-state index in [1.807, 2.05) is 13.7 Å². The second-order valence-electron chi connectivity index (χ2n) is 7.66. The minimum atomic E-state index is 0.247. The third kappa shape index (κ3) is 7.70. The highest BCUT2D eigenvalue weighted by Crippen LogP contribution is 2.37. The molecule has 144 valence electrons. The van der Waals surface area contributed by atoms with E-state index in [4.69, 9.17) is 4.79 Å². The monoisotopic (exact) mass is 349 g/mol. The number of likely N-dealkylation sites (N-methyl/N-ethyl adjacent to an activating group) is 1. The maximum absolute atomic E-state index is 8.00. The molecule has 0 amide bonds. The summed E-state index contributed by atoms with van der Waals surface area (Å²) in [6.45, 7) is 16.6. The van der Waals surface area contributed by atoms with Gasteiger partial charge < -0.3 is 14.4 Å². The quantitative estimate of drug-likeness (QED) is 0.783. The summed E-state index contributed by atoms with van der Waals surface area (Å²) in [7, 11) is 3.94. The van der Waals surface area contributed by atoms with E-state index < -0.39 is 0 Å². The van der Waals surface area contributed by atoms with Crippen molar-refractivity contribution < 1.29 is 9.53 Å². The number of carbonyl (C=O) groups excluding carboxylic acids is 1. The number of likely N-dealkylation sites (tertiary alicyclic amines) is 1. The minimum Gasteiger partial charge on any atom is -0.385 e. The first-order valence-electron chi connectivity index (χ1n) is 9.43. The molecule has 3 nitrogen and oxygen atoms in total. The fourth-order valence-electron chi connectivity index (χ4n) is 3.46. The molecule has 1 heterocycles. The normalized spacial score (nSPS) is 17.8. The van der Waals surface area contributed by atoms with Crippen molar-refractivity contribution in [2.75, 3.05) is 33.9 Å². The van der Waals surface area contributed by atoms with Crippen molar-refractivity contribution in [3.63, 3.8) is 0 Å². The zero-order chi connectivity index (χ0) is 19.5. The van der Waals surface area contributed by atoms with Gasteiger partial charge in [0, 0.05) is 20.3 Å². The van der Waals surface area contributed by atoms with Crippen LogP contribution in [0.25, 0.3) is 0 Å². The average molecular weight is 350 g/mol. The summed E-state index contributed by atoms with van der Waals surface area (Å²) in [6.07, 6.45) is 3.84. The Hall–Kier alpha value is -1.19. The lowest BCUT2D eigenvalue weighted by molar-refractivity contribution is -0.0979. The van der Waals surface area contributed by atoms with Gasteiger partial charge in [-0.05, 0) is 67.8 Å². The number of methoxy groups -OCH3 is 1. The first-order chi connectivity index (χ1) is 11.8. The van der Waals surface area contributed by atoms with Crippen LogP contribution in [0.4, 0.5) is 0 Å². The van der Waals surface area contributed by atoms with Gasteiger partial charge in [0.25, 0.3) is 0 Å². The molecule has 0 aromatic heterocycles. The number of benzene rings is 1. The second-order valence-corrected chi connectivity index (χ2v) is 7.66. The van der Waals surface area contributed by atoms with Gasteiger partial charge in [-0.15, -0.1) is 0 Å². The Bertz CT molecular complexity index is 477. The van der Waals surface area contributed by atoms with E-state index in [0.29, 0.717) is 0 Å². The van der Waals surface area contributed by atoms with Crippen molar-refractivity contribution in [2.24, 2.45) is 0 Å². The Labute approximate surface area is 155 Å². The Morgan fingerprint density at radius 2 is 1.84 bits per heavy atom. The maximum Gasteiger partial charge on any atom is 0.106 e. The molecule has 0 bridgehead atoms. The van der Waals surface area contributed by atoms with Crippen LogP contribution in [0.15, 0.2) is 18.2 Å². The van der Waals surface area contributed by atoms with Crippen LogP contribution < -0.4 is 0 Å². The molecular weight excluding hydrogens is 310 g/mol. The summed E-state index contributed by atoms with van der Waals surface area (Å²) in [5, 5.41) is 0. The van der Waals surface area contributed by atoms with Gasteiger partial charge in [0.1, 0.15) is 6.79 Å². The first kappa shape index (κ1) is 23.8. The van der Waals surface area contributed by atoms with Crippen molar-refractivity contribution in [2.45, 2.75) is 65.2 Å². The smallest absolute Gasteiger partial charge is 0.106 e. The summed E-state index contributed by atoms with van der Waals surface area (Å²) in [4.78, 5) is 10.5. The molecule has 1 aliphatic rings. The molecule has 1 atom stereocenters. The number of aryl methyl sites for hydroxylation is 1. The van der Waals surface area contributed by atoms with E-state index in [2.05, 4.69) is 62.6 Å². The van der Waals surface area contributed by atoms with Gasteiger partial charge in [0.05, 0.1) is 0 Å². The molecule has 0 N–H and O–H groups in total. The molecule has 1 aromatic carbocycles. The van der Waals surface area contributed by atoms with Crippen LogP contribution in [-0.4, -0.2) is 45.5 Å². The van der Waals surface area contributed by atoms with Crippen molar-refractivity contribution >= 4 is 6.79 Å². The molecule has 1 unspecified atom stereocenters. The molecule has 1 fully saturated rings. The Morgan fingerprint density at radius 3 is 2.28 bits per heavy atom. The highest BCUT2D eigenvalue weighted by Gasteiger charge is 2.27. The van der Waals surface area contributed by atoms with Crippen LogP contribution in [0, 0.1) is 0 Å². The molecule has 3 heteroatoms. The van der Waals surface area contributed by atoms with E-state index >= 15 is 0 Å². The van der Waals surface area contributed by atoms with E-state index in [0.717, 1.165) is 18.9 Å². The summed E-state index contributed by atoms with van der Waals surface area (Å²) in [5.74, 6) is 0.726. The molecule has 2 rings (SSSR count). The standard InChI is InChI=1S/C18H29N.C3H8O.CH2O/c1-6-14-9-7-11-16(18(2,3)4)17(14)15-10-8-12-19(5)13-15;1-3-4-2;1-2/h7,9,11,15H,6,8,10,12-13H2,1-5H3;3H2,1-2H3;1H2. The van der Waals surface area contributed by atoms with E-state index in [-0.39, 0.29) is 5.41 Å². The van der Waals surface area contributed by atoms with E-state index in [1.54, 1.807) is 23.8 Å². The summed E-state index contributed by atoms with van der Waals surface area (Å²) in [6, 6.07) is 6.93. The van der Waals surface area contributed by atoms with Crippen LogP contribution in [-0.2, 0) is 21.4 Å². The third-order valence-electron chi connectivity index (χ3n) is 4.71. The number of ether oxygens (including phenoxy) is 1. The van der Waals surface area contributed by atoms with Gasteiger partial charge in [-0.1, -0.05) is 45.9 Å². The van der Waals surface area contributed by atoms with E-state index in [1.165, 1.54) is 25.9 Å². The molecule has 1 saturated heterocycles. The molecule has 0 aliphatic carbocycles. The zero-order valence-electron chi connectivity index (χ0n) is 17.5. The third-order valence-corrected chi connectivity index (χ3v) is 4.71. The SMILES string of the molecule is C=O.CCOC.CCc1cccc(C(C)(C)C)c1C1CCCN(C)C1. The highest BCUT2D eigenvalue weighted by molar-refractivity contribution is 5.42. The minimum absolute atomic E-state index is 0.247. The lowest BCUT2D eigenvalue weighted by Crippen LogP contribution is -2.32. The van der Waals surface area contributed by atoms with Crippen molar-refractivity contribution in [1.29, 1.82) is 0 Å². The number of hydrogen-bond acceptors (Lipinski definition) is 3. The fourth-order valence-corrected chi connectivity index (χ4v) is 3.46. The lowest BCUT2D eigenvalue weighted by Gasteiger charge is -2.35. The van der Waals surface area contributed by atoms with Gasteiger partial charge >= 0.3 is 0 Å². The van der Waals surface area contributed by atoms with Crippen molar-refractivity contribution in [1.82, 2.24) is 4.90 Å². The van der Waals surface area contributed by atoms with Gasteiger partial charge in [-0.3, -0.25) is 0 Å². The molecule has 25 heavy (non-hydrogen) atoms. The van der Waals surface area contributed by atoms with Crippen molar-refractivity contribution in [3.05, 3.63) is 34.9 Å². The molecule has 0 radical (unpaired) electrons. The van der Waals surface area contributed by atoms with Gasteiger partial charge in [-0.25, -0.2) is 0 Å². The Balaban J connectivity index is 0.000000845. The highest BCUT2D eigenvalue weighted by atomic mass is 16.5. The van der Waals surface area contributed by atoms with E-state index in [9.17, 15) is 0 Å². The number of rotatable bonds is 3. The topological polar surface area (TPSA) is 29.5 Å². The summed E-state index contributed by atoms with van der Waals surface area (Å²) in [5.41, 5.74) is 5.03. The second kappa shape index (κ2) is 12.2. The van der Waals surface area contributed by atoms with Gasteiger partial charge in [0.2, 0.25) is 0 Å². The molecule has 0 spiro atoms. The van der Waals surface area contributed by atoms with Gasteiger partial charge in [0.15, 0.2) is 0 Å². The number of hydrogen-bond donors (Lipinski definition) is 0. The van der Waals surface area contributed by atoms with Crippen LogP contribution >= 0.6 is 0 Å². The summed E-state index contributed by atoms with van der Waals surface area (Å²) >= 11 is 0. The Kier molecular flexibility index (Phi) is 11.6. The zero-order valence-corrected chi connectivity index (χ0v) is 17.5. The number of nitrogens with zero attached hydrogens (tertiary/aromatic N) is 1. The lowest BCUT2D eigenvalue weighted by atomic mass is 9.75. The molecule has 0 saturated carbocycles. The average Bonchev–Trinajstić information content (AvgIpc) is 2.62. The maximum atomic E-state index is 8.00. The Morgan fingerprint density at radius 1 is 1.24 bits per heavy atom. The summed E-state index contributed by atoms with van der Waals surface area (Å²) < 4.78 is 4.54. The predicted molar refractivity (Wildman–Crippen MR) is 109 cm³/mol.